The Balaban J connectivity index is 3.29. The van der Waals surface area contributed by atoms with Crippen molar-refractivity contribution in [1.82, 2.24) is 0 Å². The molecule has 0 bridgehead atoms. The van der Waals surface area contributed by atoms with Crippen LogP contribution in [0.2, 0.25) is 5.02 Å². The number of alkyl halides is 1. The van der Waals surface area contributed by atoms with Gasteiger partial charge in [0, 0.05) is 14.5 Å². The van der Waals surface area contributed by atoms with E-state index in [-0.39, 0.29) is 0 Å². The summed E-state index contributed by atoms with van der Waals surface area (Å²) in [6.45, 7) is 2.05. The zero-order valence-corrected chi connectivity index (χ0v) is 9.67. The van der Waals surface area contributed by atoms with Gasteiger partial charge >= 0.3 is 0 Å². The molecule has 1 aromatic carbocycles. The van der Waals surface area contributed by atoms with Crippen molar-refractivity contribution in [3.63, 3.8) is 0 Å². The van der Waals surface area contributed by atoms with E-state index in [1.165, 1.54) is 9.13 Å². The Morgan fingerprint density at radius 2 is 2.09 bits per heavy atom. The van der Waals surface area contributed by atoms with Gasteiger partial charge in [-0.25, -0.2) is 0 Å². The van der Waals surface area contributed by atoms with Crippen LogP contribution in [0.5, 0.6) is 0 Å². The van der Waals surface area contributed by atoms with Crippen LogP contribution in [0, 0.1) is 10.5 Å². The minimum atomic E-state index is 0.485. The highest BCUT2D eigenvalue weighted by Crippen LogP contribution is 2.25. The SMILES string of the molecule is Cc1ccc(Cl)c(CCl)c1I. The molecule has 3 heteroatoms. The molecule has 0 aliphatic carbocycles. The Bertz CT molecular complexity index is 271. The van der Waals surface area contributed by atoms with Crippen LogP contribution in [-0.2, 0) is 5.88 Å². The van der Waals surface area contributed by atoms with E-state index in [9.17, 15) is 0 Å². The zero-order chi connectivity index (χ0) is 8.43. The van der Waals surface area contributed by atoms with Gasteiger partial charge in [-0.2, -0.15) is 0 Å². The second-order valence-electron chi connectivity index (χ2n) is 2.29. The van der Waals surface area contributed by atoms with E-state index in [0.717, 1.165) is 10.6 Å². The number of hydrogen-bond acceptors (Lipinski definition) is 0. The summed E-state index contributed by atoms with van der Waals surface area (Å²) in [5, 5.41) is 0.759. The molecule has 0 unspecified atom stereocenters. The molecule has 1 rings (SSSR count). The van der Waals surface area contributed by atoms with E-state index in [1.54, 1.807) is 0 Å². The van der Waals surface area contributed by atoms with Crippen LogP contribution in [0.15, 0.2) is 12.1 Å². The van der Waals surface area contributed by atoms with Crippen molar-refractivity contribution in [2.75, 3.05) is 0 Å². The Morgan fingerprint density at radius 1 is 1.45 bits per heavy atom. The molecule has 0 N–H and O–H groups in total. The van der Waals surface area contributed by atoms with Gasteiger partial charge in [0.2, 0.25) is 0 Å². The molecule has 0 heterocycles. The number of benzene rings is 1. The third-order valence-electron chi connectivity index (χ3n) is 1.51. The lowest BCUT2D eigenvalue weighted by Crippen LogP contribution is -1.89. The number of halogens is 3. The number of aryl methyl sites for hydroxylation is 1. The number of rotatable bonds is 1. The lowest BCUT2D eigenvalue weighted by molar-refractivity contribution is 1.30. The maximum atomic E-state index is 5.91. The summed E-state index contributed by atoms with van der Waals surface area (Å²) in [6, 6.07) is 3.89. The normalized spacial score (nSPS) is 10.2. The molecule has 0 atom stereocenters. The average molecular weight is 301 g/mol. The quantitative estimate of drug-likeness (QED) is 0.543. The van der Waals surface area contributed by atoms with Crippen molar-refractivity contribution < 1.29 is 0 Å². The molecular formula is C8H7Cl2I. The Kier molecular flexibility index (Phi) is 3.47. The monoisotopic (exact) mass is 300 g/mol. The van der Waals surface area contributed by atoms with Gasteiger partial charge in [-0.1, -0.05) is 17.7 Å². The molecule has 0 spiro atoms. The van der Waals surface area contributed by atoms with Gasteiger partial charge < -0.3 is 0 Å². The van der Waals surface area contributed by atoms with Gasteiger partial charge in [0.15, 0.2) is 0 Å². The van der Waals surface area contributed by atoms with E-state index < -0.39 is 0 Å². The molecule has 0 aliphatic rings. The van der Waals surface area contributed by atoms with E-state index in [1.807, 2.05) is 19.1 Å². The first-order valence-electron chi connectivity index (χ1n) is 3.16. The molecule has 11 heavy (non-hydrogen) atoms. The first-order valence-corrected chi connectivity index (χ1v) is 5.15. The van der Waals surface area contributed by atoms with Crippen molar-refractivity contribution >= 4 is 45.8 Å². The highest BCUT2D eigenvalue weighted by atomic mass is 127. The predicted molar refractivity (Wildman–Crippen MR) is 58.5 cm³/mol. The molecule has 0 radical (unpaired) electrons. The van der Waals surface area contributed by atoms with E-state index in [0.29, 0.717) is 5.88 Å². The molecule has 0 nitrogen and oxygen atoms in total. The fourth-order valence-corrected chi connectivity index (χ4v) is 2.45. The molecule has 0 aliphatic heterocycles. The second-order valence-corrected chi connectivity index (χ2v) is 4.04. The largest absolute Gasteiger partial charge is 0.121 e. The highest BCUT2D eigenvalue weighted by Gasteiger charge is 2.05. The lowest BCUT2D eigenvalue weighted by atomic mass is 10.2. The molecule has 1 aromatic rings. The summed E-state index contributed by atoms with van der Waals surface area (Å²) >= 11 is 13.9. The molecule has 0 aromatic heterocycles. The molecular weight excluding hydrogens is 294 g/mol. The Morgan fingerprint density at radius 3 is 2.55 bits per heavy atom. The first kappa shape index (κ1) is 9.62. The summed E-state index contributed by atoms with van der Waals surface area (Å²) < 4.78 is 1.17. The van der Waals surface area contributed by atoms with Crippen LogP contribution in [-0.4, -0.2) is 0 Å². The molecule has 0 saturated heterocycles. The number of hydrogen-bond donors (Lipinski definition) is 0. The maximum Gasteiger partial charge on any atom is 0.0499 e. The standard InChI is InChI=1S/C8H7Cl2I/c1-5-2-3-7(10)6(4-9)8(5)11/h2-3H,4H2,1H3. The summed E-state index contributed by atoms with van der Waals surface area (Å²) in [6.07, 6.45) is 0. The minimum absolute atomic E-state index is 0.485. The topological polar surface area (TPSA) is 0 Å². The van der Waals surface area contributed by atoms with Gasteiger partial charge in [0.1, 0.15) is 0 Å². The summed E-state index contributed by atoms with van der Waals surface area (Å²) in [4.78, 5) is 0. The Hall–Kier alpha value is 0.530. The fraction of sp³-hybridized carbons (Fsp3) is 0.250. The van der Waals surface area contributed by atoms with Crippen LogP contribution < -0.4 is 0 Å². The molecule has 0 saturated carbocycles. The zero-order valence-electron chi connectivity index (χ0n) is 6.00. The second kappa shape index (κ2) is 3.97. The van der Waals surface area contributed by atoms with E-state index in [4.69, 9.17) is 23.2 Å². The molecule has 0 fully saturated rings. The van der Waals surface area contributed by atoms with Crippen LogP contribution >= 0.6 is 45.8 Å². The predicted octanol–water partition coefficient (Wildman–Crippen LogP) is 3.99. The summed E-state index contributed by atoms with van der Waals surface area (Å²) in [5.74, 6) is 0.485. The fourth-order valence-electron chi connectivity index (χ4n) is 0.837. The van der Waals surface area contributed by atoms with Crippen LogP contribution in [0.25, 0.3) is 0 Å². The summed E-state index contributed by atoms with van der Waals surface area (Å²) in [7, 11) is 0. The molecule has 0 amide bonds. The summed E-state index contributed by atoms with van der Waals surface area (Å²) in [5.41, 5.74) is 2.26. The van der Waals surface area contributed by atoms with Crippen molar-refractivity contribution in [1.29, 1.82) is 0 Å². The van der Waals surface area contributed by atoms with Crippen molar-refractivity contribution in [2.45, 2.75) is 12.8 Å². The molecule has 60 valence electrons. The minimum Gasteiger partial charge on any atom is -0.121 e. The van der Waals surface area contributed by atoms with Crippen LogP contribution in [0.1, 0.15) is 11.1 Å². The van der Waals surface area contributed by atoms with Gasteiger partial charge in [-0.05, 0) is 46.7 Å². The van der Waals surface area contributed by atoms with Crippen molar-refractivity contribution in [3.8, 4) is 0 Å². The highest BCUT2D eigenvalue weighted by molar-refractivity contribution is 14.1. The van der Waals surface area contributed by atoms with Gasteiger partial charge in [-0.15, -0.1) is 11.6 Å². The third-order valence-corrected chi connectivity index (χ3v) is 3.64. The van der Waals surface area contributed by atoms with Crippen LogP contribution in [0.4, 0.5) is 0 Å². The van der Waals surface area contributed by atoms with Crippen molar-refractivity contribution in [3.05, 3.63) is 31.9 Å². The average Bonchev–Trinajstić information content (AvgIpc) is 1.99. The van der Waals surface area contributed by atoms with Crippen molar-refractivity contribution in [2.24, 2.45) is 0 Å². The van der Waals surface area contributed by atoms with E-state index >= 15 is 0 Å². The smallest absolute Gasteiger partial charge is 0.0499 e. The Labute approximate surface area is 90.0 Å². The van der Waals surface area contributed by atoms with Gasteiger partial charge in [0.25, 0.3) is 0 Å². The van der Waals surface area contributed by atoms with Gasteiger partial charge in [0.05, 0.1) is 0 Å². The lowest BCUT2D eigenvalue weighted by Gasteiger charge is -2.05. The first-order chi connectivity index (χ1) is 5.16. The van der Waals surface area contributed by atoms with E-state index in [2.05, 4.69) is 22.6 Å². The third kappa shape index (κ3) is 2.01. The maximum absolute atomic E-state index is 5.91. The van der Waals surface area contributed by atoms with Crippen LogP contribution in [0.3, 0.4) is 0 Å². The van der Waals surface area contributed by atoms with Gasteiger partial charge in [-0.3, -0.25) is 0 Å².